The highest BCUT2D eigenvalue weighted by atomic mass is 32.1. The number of non-ortho nitro benzene ring substituents is 1. The molecule has 8 nitrogen and oxygen atoms in total. The third-order valence-electron chi connectivity index (χ3n) is 7.10. The minimum absolute atomic E-state index is 0.0348. The van der Waals surface area contributed by atoms with Gasteiger partial charge in [0.25, 0.3) is 5.69 Å². The number of thiocarbonyl (C=S) groups is 1. The largest absolute Gasteiger partial charge is 0.490 e. The Bertz CT molecular complexity index is 1430. The lowest BCUT2D eigenvalue weighted by Crippen LogP contribution is -2.29. The van der Waals surface area contributed by atoms with Crippen LogP contribution in [0.25, 0.3) is 11.3 Å². The van der Waals surface area contributed by atoms with E-state index in [1.165, 1.54) is 25.0 Å². The summed E-state index contributed by atoms with van der Waals surface area (Å²) in [6.07, 6.45) is 6.70. The van der Waals surface area contributed by atoms with Crippen molar-refractivity contribution in [3.8, 4) is 17.1 Å². The van der Waals surface area contributed by atoms with E-state index >= 15 is 0 Å². The number of nitro groups is 1. The first-order valence-corrected chi connectivity index (χ1v) is 13.1. The molecule has 0 bridgehead atoms. The molecule has 3 heterocycles. The maximum atomic E-state index is 11.0. The van der Waals surface area contributed by atoms with Crippen LogP contribution in [0.2, 0.25) is 0 Å². The van der Waals surface area contributed by atoms with Crippen molar-refractivity contribution < 1.29 is 14.1 Å². The van der Waals surface area contributed by atoms with Gasteiger partial charge < -0.3 is 19.4 Å². The number of benzene rings is 2. The van der Waals surface area contributed by atoms with E-state index < -0.39 is 4.92 Å². The van der Waals surface area contributed by atoms with Gasteiger partial charge in [-0.15, -0.1) is 0 Å². The second-order valence-electron chi connectivity index (χ2n) is 9.52. The summed E-state index contributed by atoms with van der Waals surface area (Å²) in [6.45, 7) is 0. The minimum Gasteiger partial charge on any atom is -0.490 e. The van der Waals surface area contributed by atoms with Gasteiger partial charge in [-0.05, 0) is 98.6 Å². The Morgan fingerprint density at radius 3 is 2.45 bits per heavy atom. The van der Waals surface area contributed by atoms with Crippen molar-refractivity contribution in [1.82, 2.24) is 10.3 Å². The Labute approximate surface area is 225 Å². The van der Waals surface area contributed by atoms with Crippen LogP contribution in [0.1, 0.15) is 49.2 Å². The molecule has 1 aliphatic heterocycles. The molecular formula is C29H26N4O4S. The molecule has 2 aliphatic rings. The van der Waals surface area contributed by atoms with Gasteiger partial charge in [-0.2, -0.15) is 0 Å². The van der Waals surface area contributed by atoms with Crippen molar-refractivity contribution >= 4 is 28.7 Å². The van der Waals surface area contributed by atoms with Crippen molar-refractivity contribution in [2.45, 2.75) is 43.9 Å². The van der Waals surface area contributed by atoms with Gasteiger partial charge in [-0.1, -0.05) is 6.07 Å². The van der Waals surface area contributed by atoms with E-state index in [2.05, 4.69) is 10.3 Å². The number of nitrogens with one attached hydrogen (secondary N) is 1. The molecular weight excluding hydrogens is 500 g/mol. The van der Waals surface area contributed by atoms with E-state index in [9.17, 15) is 10.1 Å². The van der Waals surface area contributed by atoms with Gasteiger partial charge in [0.1, 0.15) is 23.3 Å². The second-order valence-corrected chi connectivity index (χ2v) is 9.91. The molecule has 1 saturated carbocycles. The standard InChI is InChI=1S/C29H26N4O4S/c34-33(35)21-10-8-19(9-11-21)25-16-17-26(37-25)28-27(24-7-3-4-18-30-24)31-29(38)32(28)20-12-14-23(15-13-20)36-22-5-1-2-6-22/h3-4,7-18,22,27-28H,1-2,5-6H2,(H,31,38)/t27-,28+/m1/s1. The maximum absolute atomic E-state index is 11.0. The van der Waals surface area contributed by atoms with Crippen LogP contribution >= 0.6 is 12.2 Å². The summed E-state index contributed by atoms with van der Waals surface area (Å²) >= 11 is 5.81. The summed E-state index contributed by atoms with van der Waals surface area (Å²) in [7, 11) is 0. The molecule has 2 aromatic heterocycles. The van der Waals surface area contributed by atoms with Crippen molar-refractivity contribution in [3.63, 3.8) is 0 Å². The number of hydrogen-bond donors (Lipinski definition) is 1. The number of hydrogen-bond acceptors (Lipinski definition) is 6. The Balaban J connectivity index is 1.33. The summed E-state index contributed by atoms with van der Waals surface area (Å²) in [5, 5.41) is 15.1. The number of pyridine rings is 1. The van der Waals surface area contributed by atoms with Gasteiger partial charge in [-0.25, -0.2) is 0 Å². The van der Waals surface area contributed by atoms with E-state index in [-0.39, 0.29) is 23.9 Å². The van der Waals surface area contributed by atoms with E-state index in [0.717, 1.165) is 35.5 Å². The normalized spacial score (nSPS) is 19.5. The first-order chi connectivity index (χ1) is 18.6. The summed E-state index contributed by atoms with van der Waals surface area (Å²) in [6, 6.07) is 23.4. The van der Waals surface area contributed by atoms with Gasteiger partial charge in [0, 0.05) is 29.6 Å². The molecule has 6 rings (SSSR count). The maximum Gasteiger partial charge on any atom is 0.269 e. The highest BCUT2D eigenvalue weighted by Crippen LogP contribution is 2.43. The van der Waals surface area contributed by atoms with Crippen LogP contribution in [-0.2, 0) is 0 Å². The molecule has 9 heteroatoms. The molecule has 0 radical (unpaired) electrons. The highest BCUT2D eigenvalue weighted by molar-refractivity contribution is 7.80. The van der Waals surface area contributed by atoms with Crippen LogP contribution in [0, 0.1) is 10.1 Å². The molecule has 1 aliphatic carbocycles. The fourth-order valence-electron chi connectivity index (χ4n) is 5.22. The van der Waals surface area contributed by atoms with Gasteiger partial charge >= 0.3 is 0 Å². The third-order valence-corrected chi connectivity index (χ3v) is 7.41. The topological polar surface area (TPSA) is 93.7 Å². The van der Waals surface area contributed by atoms with Gasteiger partial charge in [0.15, 0.2) is 5.11 Å². The number of rotatable bonds is 7. The van der Waals surface area contributed by atoms with Crippen LogP contribution in [0.5, 0.6) is 5.75 Å². The first-order valence-electron chi connectivity index (χ1n) is 12.7. The molecule has 1 N–H and O–H groups in total. The quantitative estimate of drug-likeness (QED) is 0.161. The molecule has 2 aromatic carbocycles. The Morgan fingerprint density at radius 2 is 1.76 bits per heavy atom. The van der Waals surface area contributed by atoms with E-state index in [1.807, 2.05) is 59.5 Å². The van der Waals surface area contributed by atoms with Gasteiger partial charge in [0.2, 0.25) is 0 Å². The van der Waals surface area contributed by atoms with Crippen molar-refractivity contribution in [1.29, 1.82) is 0 Å². The molecule has 2 atom stereocenters. The van der Waals surface area contributed by atoms with E-state index in [1.54, 1.807) is 18.3 Å². The summed E-state index contributed by atoms with van der Waals surface area (Å²) in [4.78, 5) is 17.3. The predicted octanol–water partition coefficient (Wildman–Crippen LogP) is 6.75. The zero-order chi connectivity index (χ0) is 26.1. The molecule has 2 fully saturated rings. The fraction of sp³-hybridized carbons (Fsp3) is 0.241. The Hall–Kier alpha value is -4.24. The first kappa shape index (κ1) is 24.1. The zero-order valence-electron chi connectivity index (χ0n) is 20.5. The average molecular weight is 527 g/mol. The summed E-state index contributed by atoms with van der Waals surface area (Å²) < 4.78 is 12.5. The number of ether oxygens (including phenoxy) is 1. The van der Waals surface area contributed by atoms with Crippen molar-refractivity contribution in [3.05, 3.63) is 107 Å². The lowest BCUT2D eigenvalue weighted by atomic mass is 10.0. The Kier molecular flexibility index (Phi) is 6.51. The SMILES string of the molecule is O=[N+]([O-])c1ccc(-c2ccc([C@H]3[C@@H](c4ccccn4)NC(=S)N3c3ccc(OC4CCCC4)cc3)o2)cc1. The highest BCUT2D eigenvalue weighted by Gasteiger charge is 2.42. The molecule has 0 amide bonds. The molecule has 38 heavy (non-hydrogen) atoms. The molecule has 4 aromatic rings. The fourth-order valence-corrected chi connectivity index (χ4v) is 5.57. The average Bonchev–Trinajstić information content (AvgIpc) is 3.70. The Morgan fingerprint density at radius 1 is 1.00 bits per heavy atom. The number of nitrogens with zero attached hydrogens (tertiary/aromatic N) is 3. The number of aromatic nitrogens is 1. The van der Waals surface area contributed by atoms with Crippen LogP contribution < -0.4 is 15.0 Å². The lowest BCUT2D eigenvalue weighted by Gasteiger charge is -2.26. The van der Waals surface area contributed by atoms with Gasteiger partial charge in [-0.3, -0.25) is 15.1 Å². The summed E-state index contributed by atoms with van der Waals surface area (Å²) in [5.74, 6) is 2.18. The predicted molar refractivity (Wildman–Crippen MR) is 148 cm³/mol. The van der Waals surface area contributed by atoms with Crippen LogP contribution in [0.15, 0.2) is 89.5 Å². The number of anilines is 1. The van der Waals surface area contributed by atoms with Crippen molar-refractivity contribution in [2.24, 2.45) is 0 Å². The number of nitro benzene ring substituents is 1. The van der Waals surface area contributed by atoms with Crippen LogP contribution in [-0.4, -0.2) is 21.1 Å². The lowest BCUT2D eigenvalue weighted by molar-refractivity contribution is -0.384. The van der Waals surface area contributed by atoms with Crippen LogP contribution in [0.4, 0.5) is 11.4 Å². The minimum atomic E-state index is -0.415. The molecule has 192 valence electrons. The van der Waals surface area contributed by atoms with E-state index in [4.69, 9.17) is 21.4 Å². The molecule has 1 saturated heterocycles. The third kappa shape index (κ3) is 4.72. The second kappa shape index (κ2) is 10.3. The molecule has 0 spiro atoms. The smallest absolute Gasteiger partial charge is 0.269 e. The summed E-state index contributed by atoms with van der Waals surface area (Å²) in [5.41, 5.74) is 2.55. The van der Waals surface area contributed by atoms with Crippen molar-refractivity contribution in [2.75, 3.05) is 4.90 Å². The van der Waals surface area contributed by atoms with E-state index in [0.29, 0.717) is 16.6 Å². The zero-order valence-corrected chi connectivity index (χ0v) is 21.3. The van der Waals surface area contributed by atoms with Crippen LogP contribution in [0.3, 0.4) is 0 Å². The van der Waals surface area contributed by atoms with Gasteiger partial charge in [0.05, 0.1) is 22.8 Å². The monoisotopic (exact) mass is 526 g/mol. The molecule has 0 unspecified atom stereocenters. The number of furan rings is 1.